The Balaban J connectivity index is 2.07. The molecule has 0 aliphatic carbocycles. The molecular weight excluding hydrogens is 204 g/mol. The topological polar surface area (TPSA) is 52.8 Å². The van der Waals surface area contributed by atoms with Crippen LogP contribution in [0.15, 0.2) is 30.9 Å². The van der Waals surface area contributed by atoms with Crippen molar-refractivity contribution in [2.24, 2.45) is 0 Å². The summed E-state index contributed by atoms with van der Waals surface area (Å²) in [5.41, 5.74) is 1.13. The molecule has 2 rings (SSSR count). The third-order valence-electron chi connectivity index (χ3n) is 2.32. The van der Waals surface area contributed by atoms with Crippen molar-refractivity contribution in [1.29, 1.82) is 0 Å². The smallest absolute Gasteiger partial charge is 0.137 e. The van der Waals surface area contributed by atoms with Gasteiger partial charge in [0.1, 0.15) is 12.2 Å². The van der Waals surface area contributed by atoms with Gasteiger partial charge in [0.05, 0.1) is 6.61 Å². The van der Waals surface area contributed by atoms with Crippen LogP contribution in [0.1, 0.15) is 11.4 Å². The fraction of sp³-hybridized carbons (Fsp3) is 0.364. The fourth-order valence-corrected chi connectivity index (χ4v) is 1.48. The predicted molar refractivity (Wildman–Crippen MR) is 58.9 cm³/mol. The SMILES string of the molecule is COCCn1cnnc1Cc1cccnc1. The lowest BCUT2D eigenvalue weighted by atomic mass is 10.2. The second-order valence-electron chi connectivity index (χ2n) is 3.47. The first-order valence-electron chi connectivity index (χ1n) is 5.14. The Labute approximate surface area is 94.1 Å². The molecule has 2 aromatic rings. The third-order valence-corrected chi connectivity index (χ3v) is 2.32. The van der Waals surface area contributed by atoms with E-state index in [0.717, 1.165) is 24.4 Å². The van der Waals surface area contributed by atoms with Gasteiger partial charge >= 0.3 is 0 Å². The Hall–Kier alpha value is -1.75. The highest BCUT2D eigenvalue weighted by Crippen LogP contribution is 2.05. The van der Waals surface area contributed by atoms with Crippen molar-refractivity contribution in [1.82, 2.24) is 19.7 Å². The van der Waals surface area contributed by atoms with Crippen LogP contribution in [0.3, 0.4) is 0 Å². The van der Waals surface area contributed by atoms with Gasteiger partial charge in [-0.15, -0.1) is 10.2 Å². The number of rotatable bonds is 5. The van der Waals surface area contributed by atoms with Gasteiger partial charge in [-0.1, -0.05) is 6.07 Å². The lowest BCUT2D eigenvalue weighted by Gasteiger charge is -2.05. The fourth-order valence-electron chi connectivity index (χ4n) is 1.48. The van der Waals surface area contributed by atoms with Crippen LogP contribution < -0.4 is 0 Å². The monoisotopic (exact) mass is 218 g/mol. The van der Waals surface area contributed by atoms with Gasteiger partial charge in [-0.2, -0.15) is 0 Å². The molecule has 5 nitrogen and oxygen atoms in total. The Bertz CT molecular complexity index is 427. The van der Waals surface area contributed by atoms with Crippen LogP contribution in [0.25, 0.3) is 0 Å². The van der Waals surface area contributed by atoms with Gasteiger partial charge in [0.25, 0.3) is 0 Å². The summed E-state index contributed by atoms with van der Waals surface area (Å²) in [6.45, 7) is 1.44. The maximum Gasteiger partial charge on any atom is 0.137 e. The molecule has 0 spiro atoms. The van der Waals surface area contributed by atoms with Crippen molar-refractivity contribution in [3.05, 3.63) is 42.2 Å². The summed E-state index contributed by atoms with van der Waals surface area (Å²) in [6.07, 6.45) is 6.08. The van der Waals surface area contributed by atoms with E-state index in [1.54, 1.807) is 19.6 Å². The third kappa shape index (κ3) is 2.64. The number of hydrogen-bond donors (Lipinski definition) is 0. The van der Waals surface area contributed by atoms with Crippen LogP contribution >= 0.6 is 0 Å². The van der Waals surface area contributed by atoms with Gasteiger partial charge in [0.2, 0.25) is 0 Å². The molecule has 0 N–H and O–H groups in total. The van der Waals surface area contributed by atoms with E-state index in [-0.39, 0.29) is 0 Å². The summed E-state index contributed by atoms with van der Waals surface area (Å²) < 4.78 is 7.03. The average Bonchev–Trinajstić information content (AvgIpc) is 2.75. The van der Waals surface area contributed by atoms with Crippen molar-refractivity contribution < 1.29 is 4.74 Å². The van der Waals surface area contributed by atoms with Gasteiger partial charge in [0.15, 0.2) is 0 Å². The Morgan fingerprint density at radius 1 is 1.44 bits per heavy atom. The molecule has 2 aromatic heterocycles. The Morgan fingerprint density at radius 2 is 2.38 bits per heavy atom. The number of hydrogen-bond acceptors (Lipinski definition) is 4. The molecule has 0 amide bonds. The molecule has 0 radical (unpaired) electrons. The summed E-state index contributed by atoms with van der Waals surface area (Å²) in [5, 5.41) is 8.00. The van der Waals surface area contributed by atoms with E-state index in [0.29, 0.717) is 6.61 Å². The molecule has 16 heavy (non-hydrogen) atoms. The van der Waals surface area contributed by atoms with Crippen LogP contribution in [0, 0.1) is 0 Å². The normalized spacial score (nSPS) is 10.6. The summed E-state index contributed by atoms with van der Waals surface area (Å²) >= 11 is 0. The number of nitrogens with zero attached hydrogens (tertiary/aromatic N) is 4. The Morgan fingerprint density at radius 3 is 3.12 bits per heavy atom. The summed E-state index contributed by atoms with van der Waals surface area (Å²) in [4.78, 5) is 4.07. The van der Waals surface area contributed by atoms with Crippen LogP contribution in [-0.2, 0) is 17.7 Å². The van der Waals surface area contributed by atoms with E-state index in [4.69, 9.17) is 4.74 Å². The van der Waals surface area contributed by atoms with Gasteiger partial charge in [-0.05, 0) is 11.6 Å². The molecular formula is C11H14N4O. The van der Waals surface area contributed by atoms with E-state index >= 15 is 0 Å². The molecule has 0 bridgehead atoms. The summed E-state index contributed by atoms with van der Waals surface area (Å²) in [7, 11) is 1.69. The van der Waals surface area contributed by atoms with Gasteiger partial charge < -0.3 is 9.30 Å². The summed E-state index contributed by atoms with van der Waals surface area (Å²) in [5.74, 6) is 0.935. The first-order valence-corrected chi connectivity index (χ1v) is 5.14. The van der Waals surface area contributed by atoms with E-state index in [1.807, 2.05) is 22.9 Å². The van der Waals surface area contributed by atoms with Crippen LogP contribution in [-0.4, -0.2) is 33.5 Å². The van der Waals surface area contributed by atoms with Crippen LogP contribution in [0.4, 0.5) is 0 Å². The molecule has 0 fully saturated rings. The standard InChI is InChI=1S/C11H14N4O/c1-16-6-5-15-9-13-14-11(15)7-10-3-2-4-12-8-10/h2-4,8-9H,5-7H2,1H3. The molecule has 0 saturated carbocycles. The molecule has 0 aliphatic rings. The van der Waals surface area contributed by atoms with Gasteiger partial charge in [-0.3, -0.25) is 4.98 Å². The molecule has 0 saturated heterocycles. The molecule has 0 unspecified atom stereocenters. The molecule has 2 heterocycles. The minimum absolute atomic E-state index is 0.665. The lowest BCUT2D eigenvalue weighted by Crippen LogP contribution is -2.08. The molecule has 0 aromatic carbocycles. The van der Waals surface area contributed by atoms with Crippen LogP contribution in [0.5, 0.6) is 0 Å². The van der Waals surface area contributed by atoms with Gasteiger partial charge in [0, 0.05) is 32.5 Å². The number of ether oxygens (including phenoxy) is 1. The molecule has 0 atom stereocenters. The quantitative estimate of drug-likeness (QED) is 0.748. The number of methoxy groups -OCH3 is 1. The van der Waals surface area contributed by atoms with E-state index in [1.165, 1.54) is 0 Å². The van der Waals surface area contributed by atoms with Crippen molar-refractivity contribution in [2.75, 3.05) is 13.7 Å². The number of aromatic nitrogens is 4. The van der Waals surface area contributed by atoms with E-state index in [2.05, 4.69) is 15.2 Å². The first-order chi connectivity index (χ1) is 7.90. The highest BCUT2D eigenvalue weighted by atomic mass is 16.5. The highest BCUT2D eigenvalue weighted by Gasteiger charge is 2.04. The van der Waals surface area contributed by atoms with Crippen molar-refractivity contribution in [3.63, 3.8) is 0 Å². The predicted octanol–water partition coefficient (Wildman–Crippen LogP) is 0.910. The van der Waals surface area contributed by atoms with Gasteiger partial charge in [-0.25, -0.2) is 0 Å². The maximum atomic E-state index is 5.03. The second kappa shape index (κ2) is 5.37. The van der Waals surface area contributed by atoms with Crippen molar-refractivity contribution >= 4 is 0 Å². The zero-order valence-corrected chi connectivity index (χ0v) is 9.21. The average molecular weight is 218 g/mol. The van der Waals surface area contributed by atoms with Crippen molar-refractivity contribution in [2.45, 2.75) is 13.0 Å². The number of pyridine rings is 1. The minimum Gasteiger partial charge on any atom is -0.383 e. The summed E-state index contributed by atoms with van der Waals surface area (Å²) in [6, 6.07) is 3.95. The zero-order valence-electron chi connectivity index (χ0n) is 9.21. The highest BCUT2D eigenvalue weighted by molar-refractivity contribution is 5.14. The molecule has 5 heteroatoms. The first kappa shape index (κ1) is 10.8. The van der Waals surface area contributed by atoms with Crippen LogP contribution in [0.2, 0.25) is 0 Å². The Kier molecular flexibility index (Phi) is 3.61. The van der Waals surface area contributed by atoms with Crippen molar-refractivity contribution in [3.8, 4) is 0 Å². The maximum absolute atomic E-state index is 5.03. The van der Waals surface area contributed by atoms with E-state index in [9.17, 15) is 0 Å². The largest absolute Gasteiger partial charge is 0.383 e. The molecule has 0 aliphatic heterocycles. The zero-order chi connectivity index (χ0) is 11.2. The lowest BCUT2D eigenvalue weighted by molar-refractivity contribution is 0.186. The second-order valence-corrected chi connectivity index (χ2v) is 3.47. The minimum atomic E-state index is 0.665. The van der Waals surface area contributed by atoms with E-state index < -0.39 is 0 Å². The molecule has 84 valence electrons.